The third-order valence-corrected chi connectivity index (χ3v) is 4.18. The Morgan fingerprint density at radius 2 is 1.79 bits per heavy atom. The summed E-state index contributed by atoms with van der Waals surface area (Å²) < 4.78 is 16.3. The normalized spacial score (nSPS) is 10.4. The average Bonchev–Trinajstić information content (AvgIpc) is 3.09. The quantitative estimate of drug-likeness (QED) is 0.582. The Labute approximate surface area is 167 Å². The molecule has 0 spiro atoms. The van der Waals surface area contributed by atoms with Gasteiger partial charge in [-0.1, -0.05) is 12.1 Å². The number of hydrogen-bond acceptors (Lipinski definition) is 5. The van der Waals surface area contributed by atoms with Gasteiger partial charge in [-0.2, -0.15) is 0 Å². The van der Waals surface area contributed by atoms with E-state index in [0.717, 1.165) is 0 Å². The van der Waals surface area contributed by atoms with Crippen molar-refractivity contribution in [1.82, 2.24) is 0 Å². The SMILES string of the molecule is CCOc1ccccc1NC(=O)c1ccc(OCc2cc(C(=O)O)oc2C)cc1. The first kappa shape index (κ1) is 20.0. The number of carbonyl (C=O) groups is 2. The van der Waals surface area contributed by atoms with Crippen molar-refractivity contribution in [3.63, 3.8) is 0 Å². The minimum absolute atomic E-state index is 0.125. The van der Waals surface area contributed by atoms with Crippen molar-refractivity contribution in [1.29, 1.82) is 0 Å². The number of carboxylic acid groups (broad SMARTS) is 1. The van der Waals surface area contributed by atoms with E-state index >= 15 is 0 Å². The molecule has 0 saturated carbocycles. The van der Waals surface area contributed by atoms with Crippen LogP contribution in [-0.4, -0.2) is 23.6 Å². The van der Waals surface area contributed by atoms with Gasteiger partial charge < -0.3 is 24.3 Å². The molecule has 7 heteroatoms. The molecule has 0 unspecified atom stereocenters. The van der Waals surface area contributed by atoms with E-state index in [1.54, 1.807) is 43.3 Å². The zero-order chi connectivity index (χ0) is 20.8. The highest BCUT2D eigenvalue weighted by Gasteiger charge is 2.14. The van der Waals surface area contributed by atoms with Gasteiger partial charge >= 0.3 is 5.97 Å². The summed E-state index contributed by atoms with van der Waals surface area (Å²) in [6.07, 6.45) is 0. The van der Waals surface area contributed by atoms with Gasteiger partial charge in [-0.3, -0.25) is 4.79 Å². The highest BCUT2D eigenvalue weighted by Crippen LogP contribution is 2.25. The highest BCUT2D eigenvalue weighted by molar-refractivity contribution is 6.05. The number of benzene rings is 2. The van der Waals surface area contributed by atoms with Crippen molar-refractivity contribution in [3.8, 4) is 11.5 Å². The molecule has 3 aromatic rings. The zero-order valence-electron chi connectivity index (χ0n) is 16.1. The van der Waals surface area contributed by atoms with Crippen LogP contribution in [0.1, 0.15) is 39.2 Å². The lowest BCUT2D eigenvalue weighted by atomic mass is 10.2. The molecule has 3 rings (SSSR count). The summed E-state index contributed by atoms with van der Waals surface area (Å²) in [5.74, 6) is 0.140. The van der Waals surface area contributed by atoms with Gasteiger partial charge in [0.05, 0.1) is 12.3 Å². The van der Waals surface area contributed by atoms with Crippen molar-refractivity contribution in [2.24, 2.45) is 0 Å². The number of carbonyl (C=O) groups excluding carboxylic acids is 1. The van der Waals surface area contributed by atoms with Crippen molar-refractivity contribution in [2.45, 2.75) is 20.5 Å². The molecule has 1 aromatic heterocycles. The second-order valence-electron chi connectivity index (χ2n) is 6.19. The van der Waals surface area contributed by atoms with E-state index < -0.39 is 5.97 Å². The third-order valence-electron chi connectivity index (χ3n) is 4.18. The Morgan fingerprint density at radius 3 is 2.45 bits per heavy atom. The Bertz CT molecular complexity index is 1010. The van der Waals surface area contributed by atoms with E-state index in [1.165, 1.54) is 6.07 Å². The Hall–Kier alpha value is -3.74. The van der Waals surface area contributed by atoms with Crippen LogP contribution in [0.2, 0.25) is 0 Å². The van der Waals surface area contributed by atoms with Crippen LogP contribution in [0.25, 0.3) is 0 Å². The number of aromatic carboxylic acids is 1. The van der Waals surface area contributed by atoms with Crippen LogP contribution in [-0.2, 0) is 6.61 Å². The fraction of sp³-hybridized carbons (Fsp3) is 0.182. The smallest absolute Gasteiger partial charge is 0.371 e. The number of hydrogen-bond donors (Lipinski definition) is 2. The first-order valence-corrected chi connectivity index (χ1v) is 9.06. The summed E-state index contributed by atoms with van der Waals surface area (Å²) in [7, 11) is 0. The maximum absolute atomic E-state index is 12.5. The molecule has 2 aromatic carbocycles. The van der Waals surface area contributed by atoms with Crippen LogP contribution in [0, 0.1) is 6.92 Å². The van der Waals surface area contributed by atoms with E-state index in [-0.39, 0.29) is 18.3 Å². The van der Waals surface area contributed by atoms with Gasteiger partial charge in [-0.15, -0.1) is 0 Å². The fourth-order valence-corrected chi connectivity index (χ4v) is 2.68. The van der Waals surface area contributed by atoms with Crippen LogP contribution in [0.15, 0.2) is 59.0 Å². The number of nitrogens with one attached hydrogen (secondary N) is 1. The van der Waals surface area contributed by atoms with Crippen LogP contribution >= 0.6 is 0 Å². The Morgan fingerprint density at radius 1 is 1.07 bits per heavy atom. The molecular formula is C22H21NO6. The maximum Gasteiger partial charge on any atom is 0.371 e. The second kappa shape index (κ2) is 8.97. The Kier molecular flexibility index (Phi) is 6.19. The lowest BCUT2D eigenvalue weighted by Crippen LogP contribution is -2.12. The van der Waals surface area contributed by atoms with Crippen molar-refractivity contribution in [3.05, 3.63) is 77.2 Å². The number of carboxylic acids is 1. The van der Waals surface area contributed by atoms with Gasteiger partial charge in [0.25, 0.3) is 5.91 Å². The molecule has 0 aliphatic carbocycles. The van der Waals surface area contributed by atoms with Crippen LogP contribution in [0.3, 0.4) is 0 Å². The monoisotopic (exact) mass is 395 g/mol. The molecule has 1 heterocycles. The van der Waals surface area contributed by atoms with Gasteiger partial charge in [0.1, 0.15) is 23.9 Å². The molecule has 1 amide bonds. The number of anilines is 1. The molecule has 0 radical (unpaired) electrons. The molecule has 0 aliphatic heterocycles. The standard InChI is InChI=1S/C22H21NO6/c1-3-27-19-7-5-4-6-18(19)23-21(24)15-8-10-17(11-9-15)28-13-16-12-20(22(25)26)29-14(16)2/h4-12H,3,13H2,1-2H3,(H,23,24)(H,25,26). The summed E-state index contributed by atoms with van der Waals surface area (Å²) in [5.41, 5.74) is 1.72. The Balaban J connectivity index is 1.63. The van der Waals surface area contributed by atoms with E-state index in [0.29, 0.717) is 40.7 Å². The van der Waals surface area contributed by atoms with Crippen molar-refractivity contribution < 1.29 is 28.6 Å². The number of furan rings is 1. The zero-order valence-corrected chi connectivity index (χ0v) is 16.1. The molecule has 2 N–H and O–H groups in total. The lowest BCUT2D eigenvalue weighted by molar-refractivity contribution is 0.0660. The van der Waals surface area contributed by atoms with E-state index in [4.69, 9.17) is 19.0 Å². The first-order valence-electron chi connectivity index (χ1n) is 9.06. The molecule has 150 valence electrons. The molecule has 29 heavy (non-hydrogen) atoms. The summed E-state index contributed by atoms with van der Waals surface area (Å²) in [5, 5.41) is 11.8. The third kappa shape index (κ3) is 4.95. The van der Waals surface area contributed by atoms with Gasteiger partial charge in [0.2, 0.25) is 5.76 Å². The predicted octanol–water partition coefficient (Wildman–Crippen LogP) is 4.52. The summed E-state index contributed by atoms with van der Waals surface area (Å²) in [6.45, 7) is 4.22. The molecule has 7 nitrogen and oxygen atoms in total. The highest BCUT2D eigenvalue weighted by atomic mass is 16.5. The van der Waals surface area contributed by atoms with Gasteiger partial charge in [-0.25, -0.2) is 4.79 Å². The number of amides is 1. The number of rotatable bonds is 8. The van der Waals surface area contributed by atoms with E-state index in [2.05, 4.69) is 5.32 Å². The van der Waals surface area contributed by atoms with Gasteiger partial charge in [-0.05, 0) is 56.3 Å². The maximum atomic E-state index is 12.5. The second-order valence-corrected chi connectivity index (χ2v) is 6.19. The van der Waals surface area contributed by atoms with Crippen LogP contribution < -0.4 is 14.8 Å². The van der Waals surface area contributed by atoms with Crippen LogP contribution in [0.5, 0.6) is 11.5 Å². The van der Waals surface area contributed by atoms with Crippen LogP contribution in [0.4, 0.5) is 5.69 Å². The lowest BCUT2D eigenvalue weighted by Gasteiger charge is -2.11. The van der Waals surface area contributed by atoms with Gasteiger partial charge in [0.15, 0.2) is 0 Å². The van der Waals surface area contributed by atoms with Crippen molar-refractivity contribution in [2.75, 3.05) is 11.9 Å². The van der Waals surface area contributed by atoms with Gasteiger partial charge in [0, 0.05) is 11.1 Å². The summed E-state index contributed by atoms with van der Waals surface area (Å²) in [6, 6.07) is 15.3. The molecular weight excluding hydrogens is 374 g/mol. The average molecular weight is 395 g/mol. The van der Waals surface area contributed by atoms with E-state index in [1.807, 2.05) is 19.1 Å². The number of aryl methyl sites for hydroxylation is 1. The molecule has 0 atom stereocenters. The molecule has 0 bridgehead atoms. The minimum atomic E-state index is -1.12. The number of ether oxygens (including phenoxy) is 2. The fourth-order valence-electron chi connectivity index (χ4n) is 2.68. The predicted molar refractivity (Wildman–Crippen MR) is 107 cm³/mol. The summed E-state index contributed by atoms with van der Waals surface area (Å²) in [4.78, 5) is 23.4. The van der Waals surface area contributed by atoms with Crippen molar-refractivity contribution >= 4 is 17.6 Å². The molecule has 0 aliphatic rings. The topological polar surface area (TPSA) is 98.0 Å². The van der Waals surface area contributed by atoms with E-state index in [9.17, 15) is 9.59 Å². The number of para-hydroxylation sites is 2. The largest absolute Gasteiger partial charge is 0.492 e. The minimum Gasteiger partial charge on any atom is -0.492 e. The first-order chi connectivity index (χ1) is 14.0. The molecule has 0 fully saturated rings. The molecule has 0 saturated heterocycles. The summed E-state index contributed by atoms with van der Waals surface area (Å²) >= 11 is 0.